The first-order valence-corrected chi connectivity index (χ1v) is 11.4. The number of anilines is 1. The fourth-order valence-electron chi connectivity index (χ4n) is 3.93. The van der Waals surface area contributed by atoms with E-state index in [9.17, 15) is 14.7 Å². The van der Waals surface area contributed by atoms with Crippen molar-refractivity contribution in [3.05, 3.63) is 106 Å². The zero-order chi connectivity index (χ0) is 24.4. The summed E-state index contributed by atoms with van der Waals surface area (Å²) in [5.74, 6) is 0.913. The topological polar surface area (TPSA) is 91.6 Å². The Morgan fingerprint density at radius 3 is 2.69 bits per heavy atom. The Bertz CT molecular complexity index is 1450. The third kappa shape index (κ3) is 4.98. The number of carbonyl (C=O) groups excluding carboxylic acids is 2. The minimum atomic E-state index is -0.216. The van der Waals surface area contributed by atoms with Gasteiger partial charge in [0.15, 0.2) is 0 Å². The quantitative estimate of drug-likeness (QED) is 0.303. The number of nitrogens with one attached hydrogen (secondary N) is 2. The van der Waals surface area contributed by atoms with Gasteiger partial charge in [-0.25, -0.2) is 0 Å². The Balaban J connectivity index is 1.29. The van der Waals surface area contributed by atoms with E-state index in [1.165, 1.54) is 0 Å². The van der Waals surface area contributed by atoms with Crippen LogP contribution in [0.2, 0.25) is 5.02 Å². The summed E-state index contributed by atoms with van der Waals surface area (Å²) >= 11 is 6.10. The van der Waals surface area contributed by atoms with Crippen molar-refractivity contribution >= 4 is 40.8 Å². The van der Waals surface area contributed by atoms with E-state index in [2.05, 4.69) is 10.6 Å². The number of hydrogen-bond acceptors (Lipinski definition) is 4. The summed E-state index contributed by atoms with van der Waals surface area (Å²) in [5, 5.41) is 15.7. The summed E-state index contributed by atoms with van der Waals surface area (Å²) in [4.78, 5) is 25.1. The lowest BCUT2D eigenvalue weighted by atomic mass is 10.1. The van der Waals surface area contributed by atoms with Gasteiger partial charge >= 0.3 is 0 Å². The highest BCUT2D eigenvalue weighted by atomic mass is 35.5. The minimum Gasteiger partial charge on any atom is -0.508 e. The van der Waals surface area contributed by atoms with E-state index in [-0.39, 0.29) is 17.6 Å². The first kappa shape index (κ1) is 22.5. The van der Waals surface area contributed by atoms with Crippen LogP contribution in [0, 0.1) is 0 Å². The van der Waals surface area contributed by atoms with E-state index >= 15 is 0 Å². The predicted octanol–water partition coefficient (Wildman–Crippen LogP) is 5.77. The van der Waals surface area contributed by atoms with Crippen LogP contribution in [0.4, 0.5) is 5.69 Å². The lowest BCUT2D eigenvalue weighted by Gasteiger charge is -2.07. The highest BCUT2D eigenvalue weighted by Gasteiger charge is 2.24. The van der Waals surface area contributed by atoms with Gasteiger partial charge in [-0.05, 0) is 72.7 Å². The van der Waals surface area contributed by atoms with Crippen molar-refractivity contribution in [1.29, 1.82) is 0 Å². The van der Waals surface area contributed by atoms with Crippen LogP contribution in [0.1, 0.15) is 27.2 Å². The molecule has 0 radical (unpaired) electrons. The molecule has 0 aliphatic carbocycles. The highest BCUT2D eigenvalue weighted by molar-refractivity contribution is 6.36. The minimum absolute atomic E-state index is 0.185. The van der Waals surface area contributed by atoms with Crippen LogP contribution >= 0.6 is 11.6 Å². The molecule has 0 bridgehead atoms. The second-order valence-electron chi connectivity index (χ2n) is 8.16. The second kappa shape index (κ2) is 9.52. The smallest absolute Gasteiger partial charge is 0.256 e. The molecular weight excluding hydrogens is 464 g/mol. The van der Waals surface area contributed by atoms with Crippen LogP contribution < -0.4 is 10.6 Å². The van der Waals surface area contributed by atoms with Crippen LogP contribution in [-0.2, 0) is 11.2 Å². The van der Waals surface area contributed by atoms with Gasteiger partial charge in [0.2, 0.25) is 0 Å². The van der Waals surface area contributed by atoms with Crippen molar-refractivity contribution in [3.63, 3.8) is 0 Å². The fourth-order valence-corrected chi connectivity index (χ4v) is 4.10. The molecule has 3 N–H and O–H groups in total. The summed E-state index contributed by atoms with van der Waals surface area (Å²) in [5.41, 5.74) is 4.21. The molecule has 2 amide bonds. The van der Waals surface area contributed by atoms with Crippen molar-refractivity contribution in [2.75, 3.05) is 11.9 Å². The van der Waals surface area contributed by atoms with Gasteiger partial charge in [0, 0.05) is 33.9 Å². The number of amides is 2. The zero-order valence-corrected chi connectivity index (χ0v) is 19.3. The monoisotopic (exact) mass is 484 g/mol. The number of fused-ring (bicyclic) bond motifs is 1. The van der Waals surface area contributed by atoms with E-state index in [0.29, 0.717) is 46.3 Å². The first-order valence-electron chi connectivity index (χ1n) is 11.1. The van der Waals surface area contributed by atoms with Gasteiger partial charge in [-0.15, -0.1) is 0 Å². The standard InChI is InChI=1S/C28H21ClN2O4/c29-20-6-10-25-23(15-20)24(28(34)31-25)16-22-9-11-26(35-22)18-2-1-3-19(14-18)27(33)30-13-12-17-4-7-21(32)8-5-17/h1-11,14-16,32H,12-13H2,(H,30,33)(H,31,34). The van der Waals surface area contributed by atoms with E-state index in [4.69, 9.17) is 16.0 Å². The van der Waals surface area contributed by atoms with Gasteiger partial charge in [0.05, 0.1) is 5.57 Å². The summed E-state index contributed by atoms with van der Waals surface area (Å²) in [6.07, 6.45) is 2.34. The van der Waals surface area contributed by atoms with Crippen LogP contribution in [0.5, 0.6) is 5.75 Å². The number of phenols is 1. The number of phenolic OH excluding ortho intramolecular Hbond substituents is 1. The van der Waals surface area contributed by atoms with Crippen molar-refractivity contribution in [1.82, 2.24) is 5.32 Å². The number of benzene rings is 3. The maximum absolute atomic E-state index is 12.6. The van der Waals surface area contributed by atoms with E-state index in [0.717, 1.165) is 16.7 Å². The summed E-state index contributed by atoms with van der Waals surface area (Å²) < 4.78 is 5.97. The molecule has 0 atom stereocenters. The normalized spacial score (nSPS) is 13.5. The van der Waals surface area contributed by atoms with Crippen molar-refractivity contribution in [3.8, 4) is 17.1 Å². The van der Waals surface area contributed by atoms with Gasteiger partial charge in [-0.2, -0.15) is 0 Å². The SMILES string of the molecule is O=C1Nc2ccc(Cl)cc2C1=Cc1ccc(-c2cccc(C(=O)NCCc3ccc(O)cc3)c2)o1. The largest absolute Gasteiger partial charge is 0.508 e. The molecule has 35 heavy (non-hydrogen) atoms. The van der Waals surface area contributed by atoms with Crippen LogP contribution in [0.15, 0.2) is 83.3 Å². The number of aromatic hydroxyl groups is 1. The van der Waals surface area contributed by atoms with Crippen molar-refractivity contribution in [2.24, 2.45) is 0 Å². The molecule has 2 heterocycles. The van der Waals surface area contributed by atoms with E-state index < -0.39 is 0 Å². The molecule has 1 aromatic heterocycles. The molecule has 1 aliphatic rings. The van der Waals surface area contributed by atoms with Crippen molar-refractivity contribution in [2.45, 2.75) is 6.42 Å². The lowest BCUT2D eigenvalue weighted by Crippen LogP contribution is -2.25. The molecular formula is C28H21ClN2O4. The molecule has 0 saturated carbocycles. The molecule has 7 heteroatoms. The molecule has 4 aromatic rings. The number of hydrogen-bond donors (Lipinski definition) is 3. The molecule has 3 aromatic carbocycles. The zero-order valence-electron chi connectivity index (χ0n) is 18.5. The third-order valence-electron chi connectivity index (χ3n) is 5.72. The number of carbonyl (C=O) groups is 2. The Labute approximate surface area is 206 Å². The maximum Gasteiger partial charge on any atom is 0.256 e. The van der Waals surface area contributed by atoms with Crippen LogP contribution in [0.25, 0.3) is 23.0 Å². The average Bonchev–Trinajstić information content (AvgIpc) is 3.45. The molecule has 0 fully saturated rings. The van der Waals surface area contributed by atoms with Gasteiger partial charge in [0.25, 0.3) is 11.8 Å². The molecule has 0 spiro atoms. The van der Waals surface area contributed by atoms with Gasteiger partial charge in [-0.3, -0.25) is 9.59 Å². The Morgan fingerprint density at radius 2 is 1.86 bits per heavy atom. The second-order valence-corrected chi connectivity index (χ2v) is 8.59. The Hall–Kier alpha value is -4.29. The van der Waals surface area contributed by atoms with Crippen LogP contribution in [-0.4, -0.2) is 23.5 Å². The fraction of sp³-hybridized carbons (Fsp3) is 0.0714. The molecule has 0 saturated heterocycles. The predicted molar refractivity (Wildman–Crippen MR) is 136 cm³/mol. The maximum atomic E-state index is 12.6. The number of rotatable bonds is 6. The molecule has 0 unspecified atom stereocenters. The van der Waals surface area contributed by atoms with Gasteiger partial charge < -0.3 is 20.2 Å². The highest BCUT2D eigenvalue weighted by Crippen LogP contribution is 2.35. The Kier molecular flexibility index (Phi) is 6.12. The van der Waals surface area contributed by atoms with E-state index in [1.807, 2.05) is 18.2 Å². The average molecular weight is 485 g/mol. The summed E-state index contributed by atoms with van der Waals surface area (Å²) in [6, 6.07) is 22.9. The number of halogens is 1. The molecule has 5 rings (SSSR count). The number of furan rings is 1. The van der Waals surface area contributed by atoms with Crippen LogP contribution in [0.3, 0.4) is 0 Å². The molecule has 174 valence electrons. The lowest BCUT2D eigenvalue weighted by molar-refractivity contribution is -0.110. The summed E-state index contributed by atoms with van der Waals surface area (Å²) in [6.45, 7) is 0.472. The first-order chi connectivity index (χ1) is 17.0. The van der Waals surface area contributed by atoms with Gasteiger partial charge in [0.1, 0.15) is 17.3 Å². The van der Waals surface area contributed by atoms with Crippen molar-refractivity contribution < 1.29 is 19.1 Å². The Morgan fingerprint density at radius 1 is 1.03 bits per heavy atom. The van der Waals surface area contributed by atoms with Gasteiger partial charge in [-0.1, -0.05) is 35.9 Å². The summed E-state index contributed by atoms with van der Waals surface area (Å²) in [7, 11) is 0. The van der Waals surface area contributed by atoms with E-state index in [1.54, 1.807) is 66.7 Å². The molecule has 1 aliphatic heterocycles. The third-order valence-corrected chi connectivity index (χ3v) is 5.96. The molecule has 6 nitrogen and oxygen atoms in total.